The average molecular weight is 510 g/mol. The van der Waals surface area contributed by atoms with Gasteiger partial charge in [-0.05, 0) is 79.6 Å². The molecule has 1 atom stereocenters. The number of rotatable bonds is 14. The van der Waals surface area contributed by atoms with Crippen LogP contribution in [-0.2, 0) is 19.1 Å². The van der Waals surface area contributed by atoms with E-state index in [4.69, 9.17) is 14.2 Å². The Hall–Kier alpha value is -3.32. The van der Waals surface area contributed by atoms with Crippen LogP contribution in [0.1, 0.15) is 52.0 Å². The first kappa shape index (κ1) is 28.3. The molecule has 0 bridgehead atoms. The molecule has 1 fully saturated rings. The Balaban J connectivity index is 1.73. The molecule has 7 nitrogen and oxygen atoms in total. The Labute approximate surface area is 220 Å². The van der Waals surface area contributed by atoms with Gasteiger partial charge < -0.3 is 24.2 Å². The van der Waals surface area contributed by atoms with Crippen LogP contribution in [0.15, 0.2) is 48.0 Å². The van der Waals surface area contributed by atoms with E-state index in [9.17, 15) is 14.7 Å². The lowest BCUT2D eigenvalue weighted by Gasteiger charge is -2.22. The third-order valence-corrected chi connectivity index (χ3v) is 6.45. The van der Waals surface area contributed by atoms with E-state index in [1.54, 1.807) is 13.0 Å². The van der Waals surface area contributed by atoms with Crippen molar-refractivity contribution in [2.45, 2.75) is 46.5 Å². The Morgan fingerprint density at radius 2 is 1.81 bits per heavy atom. The number of hydrogen-bond acceptors (Lipinski definition) is 6. The summed E-state index contributed by atoms with van der Waals surface area (Å²) in [6.45, 7) is 9.32. The molecule has 1 saturated heterocycles. The maximum Gasteiger partial charge on any atom is 0.331 e. The maximum absolute atomic E-state index is 11.9. The summed E-state index contributed by atoms with van der Waals surface area (Å²) >= 11 is 0. The first-order valence-electron chi connectivity index (χ1n) is 13.2. The Kier molecular flexibility index (Phi) is 11.0. The summed E-state index contributed by atoms with van der Waals surface area (Å²) < 4.78 is 16.4. The van der Waals surface area contributed by atoms with Crippen molar-refractivity contribution in [3.63, 3.8) is 0 Å². The minimum absolute atomic E-state index is 0.164. The Morgan fingerprint density at radius 1 is 1.05 bits per heavy atom. The molecule has 0 amide bonds. The molecule has 3 rings (SSSR count). The highest BCUT2D eigenvalue weighted by Gasteiger charge is 2.26. The van der Waals surface area contributed by atoms with Gasteiger partial charge in [0.15, 0.2) is 0 Å². The fraction of sp³-hybridized carbons (Fsp3) is 0.467. The molecule has 0 spiro atoms. The van der Waals surface area contributed by atoms with Crippen LogP contribution < -0.4 is 9.64 Å². The molecule has 200 valence electrons. The molecular formula is C30H39NO6. The number of esters is 1. The summed E-state index contributed by atoms with van der Waals surface area (Å²) in [6.07, 6.45) is 5.19. The topological polar surface area (TPSA) is 85.3 Å². The molecule has 1 aliphatic heterocycles. The zero-order valence-corrected chi connectivity index (χ0v) is 22.2. The van der Waals surface area contributed by atoms with Crippen LogP contribution in [0.4, 0.5) is 5.69 Å². The number of anilines is 1. The van der Waals surface area contributed by atoms with Gasteiger partial charge in [-0.3, -0.25) is 4.79 Å². The van der Waals surface area contributed by atoms with E-state index < -0.39 is 5.97 Å². The summed E-state index contributed by atoms with van der Waals surface area (Å²) in [4.78, 5) is 25.7. The highest BCUT2D eigenvalue weighted by atomic mass is 16.5. The first-order chi connectivity index (χ1) is 17.9. The van der Waals surface area contributed by atoms with Crippen LogP contribution in [0.2, 0.25) is 0 Å². The largest absolute Gasteiger partial charge is 0.491 e. The van der Waals surface area contributed by atoms with Crippen molar-refractivity contribution in [1.29, 1.82) is 0 Å². The predicted octanol–water partition coefficient (Wildman–Crippen LogP) is 5.82. The van der Waals surface area contributed by atoms with Crippen molar-refractivity contribution in [1.82, 2.24) is 0 Å². The molecule has 7 heteroatoms. The van der Waals surface area contributed by atoms with Crippen molar-refractivity contribution in [3.05, 3.63) is 53.6 Å². The van der Waals surface area contributed by atoms with Gasteiger partial charge in [-0.15, -0.1) is 0 Å². The van der Waals surface area contributed by atoms with E-state index in [0.29, 0.717) is 26.2 Å². The fourth-order valence-electron chi connectivity index (χ4n) is 4.42. The van der Waals surface area contributed by atoms with Gasteiger partial charge >= 0.3 is 11.9 Å². The number of carbonyl (C=O) groups excluding carboxylic acids is 1. The van der Waals surface area contributed by atoms with Crippen molar-refractivity contribution >= 4 is 23.7 Å². The fourth-order valence-corrected chi connectivity index (χ4v) is 4.42. The molecule has 2 aromatic rings. The number of nitrogens with zero attached hydrogens (tertiary/aromatic N) is 1. The molecule has 1 aliphatic rings. The van der Waals surface area contributed by atoms with Crippen LogP contribution >= 0.6 is 0 Å². The minimum Gasteiger partial charge on any atom is -0.491 e. The van der Waals surface area contributed by atoms with Gasteiger partial charge in [-0.2, -0.15) is 0 Å². The highest BCUT2D eigenvalue weighted by Crippen LogP contribution is 2.34. The van der Waals surface area contributed by atoms with Gasteiger partial charge in [0.2, 0.25) is 0 Å². The monoisotopic (exact) mass is 509 g/mol. The van der Waals surface area contributed by atoms with Gasteiger partial charge in [-0.25, -0.2) is 4.79 Å². The zero-order valence-electron chi connectivity index (χ0n) is 22.2. The lowest BCUT2D eigenvalue weighted by molar-refractivity contribution is -0.144. The second-order valence-electron chi connectivity index (χ2n) is 9.35. The van der Waals surface area contributed by atoms with E-state index in [1.165, 1.54) is 0 Å². The standard InChI is InChI=1S/C30H39NO6/c1-4-6-15-35-16-17-37-27-10-7-24(8-11-27)25-9-12-28(26(20-25)18-22(3)30(33)34)31-14-13-23(21-31)19-29(32)36-5-2/h7-12,18,20,23H,4-6,13-17,19,21H2,1-3H3,(H,33,34). The number of carbonyl (C=O) groups is 2. The molecular weight excluding hydrogens is 470 g/mol. The van der Waals surface area contributed by atoms with Crippen molar-refractivity contribution in [3.8, 4) is 16.9 Å². The van der Waals surface area contributed by atoms with Crippen molar-refractivity contribution in [2.75, 3.05) is 44.4 Å². The Morgan fingerprint density at radius 3 is 2.51 bits per heavy atom. The molecule has 1 heterocycles. The normalized spacial score (nSPS) is 15.6. The SMILES string of the molecule is CCCCOCCOc1ccc(-c2ccc(N3CCC(CC(=O)OCC)C3)c(C=C(C)C(=O)O)c2)cc1. The van der Waals surface area contributed by atoms with Crippen LogP contribution in [0, 0.1) is 5.92 Å². The summed E-state index contributed by atoms with van der Waals surface area (Å²) in [7, 11) is 0. The first-order valence-corrected chi connectivity index (χ1v) is 13.2. The second kappa shape index (κ2) is 14.4. The van der Waals surface area contributed by atoms with Crippen LogP contribution in [0.5, 0.6) is 5.75 Å². The molecule has 1 N–H and O–H groups in total. The minimum atomic E-state index is -0.946. The molecule has 2 aromatic carbocycles. The highest BCUT2D eigenvalue weighted by molar-refractivity contribution is 5.93. The summed E-state index contributed by atoms with van der Waals surface area (Å²) in [5.74, 6) is -0.104. The number of aliphatic carboxylic acids is 1. The molecule has 37 heavy (non-hydrogen) atoms. The summed E-state index contributed by atoms with van der Waals surface area (Å²) in [6, 6.07) is 14.0. The number of hydrogen-bond donors (Lipinski definition) is 1. The quantitative estimate of drug-likeness (QED) is 0.195. The van der Waals surface area contributed by atoms with E-state index >= 15 is 0 Å². The smallest absolute Gasteiger partial charge is 0.331 e. The number of unbranched alkanes of at least 4 members (excludes halogenated alkanes) is 1. The Bertz CT molecular complexity index is 1060. The van der Waals surface area contributed by atoms with Crippen LogP contribution in [0.25, 0.3) is 17.2 Å². The second-order valence-corrected chi connectivity index (χ2v) is 9.35. The maximum atomic E-state index is 11.9. The van der Waals surface area contributed by atoms with Gasteiger partial charge in [0, 0.05) is 31.0 Å². The van der Waals surface area contributed by atoms with Gasteiger partial charge in [0.05, 0.1) is 19.6 Å². The number of benzene rings is 2. The van der Waals surface area contributed by atoms with Crippen molar-refractivity contribution < 1.29 is 28.9 Å². The lowest BCUT2D eigenvalue weighted by atomic mass is 9.99. The molecule has 0 aliphatic carbocycles. The third kappa shape index (κ3) is 8.64. The van der Waals surface area contributed by atoms with Crippen molar-refractivity contribution in [2.24, 2.45) is 5.92 Å². The zero-order chi connectivity index (χ0) is 26.6. The van der Waals surface area contributed by atoms with Crippen LogP contribution in [0.3, 0.4) is 0 Å². The average Bonchev–Trinajstić information content (AvgIpc) is 3.34. The van der Waals surface area contributed by atoms with Gasteiger partial charge in [0.25, 0.3) is 0 Å². The van der Waals surface area contributed by atoms with Gasteiger partial charge in [-0.1, -0.05) is 31.5 Å². The molecule has 0 aromatic heterocycles. The van der Waals surface area contributed by atoms with Gasteiger partial charge in [0.1, 0.15) is 12.4 Å². The number of ether oxygens (including phenoxy) is 3. The number of carboxylic acids is 1. The predicted molar refractivity (Wildman–Crippen MR) is 146 cm³/mol. The third-order valence-electron chi connectivity index (χ3n) is 6.45. The summed E-state index contributed by atoms with van der Waals surface area (Å²) in [5, 5.41) is 9.48. The lowest BCUT2D eigenvalue weighted by Crippen LogP contribution is -2.21. The van der Waals surface area contributed by atoms with Crippen LogP contribution in [-0.4, -0.2) is 56.6 Å². The molecule has 0 saturated carbocycles. The number of carboxylic acid groups (broad SMARTS) is 1. The van der Waals surface area contributed by atoms with E-state index in [2.05, 4.69) is 17.9 Å². The van der Waals surface area contributed by atoms with E-state index in [0.717, 1.165) is 67.1 Å². The van der Waals surface area contributed by atoms with E-state index in [-0.39, 0.29) is 17.5 Å². The van der Waals surface area contributed by atoms with E-state index in [1.807, 2.05) is 43.3 Å². The molecule has 0 radical (unpaired) electrons. The molecule has 1 unspecified atom stereocenters. The summed E-state index contributed by atoms with van der Waals surface area (Å²) in [5.41, 5.74) is 4.09.